The maximum atomic E-state index is 13.5. The molecular weight excluding hydrogens is 407 g/mol. The third kappa shape index (κ3) is 4.72. The second kappa shape index (κ2) is 9.77. The van der Waals surface area contributed by atoms with E-state index in [0.29, 0.717) is 36.6 Å². The molecule has 2 aromatic carbocycles. The number of carbonyl (C=O) groups is 2. The van der Waals surface area contributed by atoms with Crippen molar-refractivity contribution in [3.05, 3.63) is 83.9 Å². The summed E-state index contributed by atoms with van der Waals surface area (Å²) < 4.78 is 15.1. The Hall–Kier alpha value is -3.48. The van der Waals surface area contributed by atoms with Crippen LogP contribution in [0.4, 0.5) is 4.39 Å². The summed E-state index contributed by atoms with van der Waals surface area (Å²) in [4.78, 5) is 29.7. The minimum atomic E-state index is -0.352. The Labute approximate surface area is 187 Å². The van der Waals surface area contributed by atoms with Crippen LogP contribution in [-0.2, 0) is 0 Å². The van der Waals surface area contributed by atoms with Gasteiger partial charge >= 0.3 is 0 Å². The number of nitrogens with zero attached hydrogens (tertiary/aromatic N) is 4. The van der Waals surface area contributed by atoms with Crippen LogP contribution in [0.25, 0.3) is 5.69 Å². The summed E-state index contributed by atoms with van der Waals surface area (Å²) in [5.74, 6) is -0.448. The van der Waals surface area contributed by atoms with Gasteiger partial charge < -0.3 is 9.80 Å². The fraction of sp³-hybridized carbons (Fsp3) is 0.320. The number of aromatic nitrogens is 2. The molecule has 0 bridgehead atoms. The highest BCUT2D eigenvalue weighted by atomic mass is 19.1. The summed E-state index contributed by atoms with van der Waals surface area (Å²) in [5.41, 5.74) is 1.60. The molecule has 7 heteroatoms. The average molecular weight is 435 g/mol. The van der Waals surface area contributed by atoms with Crippen LogP contribution in [0, 0.1) is 5.82 Å². The lowest BCUT2D eigenvalue weighted by molar-refractivity contribution is 0.0515. The molecule has 0 N–H and O–H groups in total. The van der Waals surface area contributed by atoms with E-state index in [-0.39, 0.29) is 23.7 Å². The van der Waals surface area contributed by atoms with Gasteiger partial charge in [-0.1, -0.05) is 31.2 Å². The van der Waals surface area contributed by atoms with Gasteiger partial charge in [0.25, 0.3) is 11.8 Å². The van der Waals surface area contributed by atoms with Gasteiger partial charge in [-0.05, 0) is 55.7 Å². The average Bonchev–Trinajstić information content (AvgIpc) is 3.33. The Bertz CT molecular complexity index is 1070. The minimum Gasteiger partial charge on any atom is -0.338 e. The normalized spacial score (nSPS) is 14.4. The molecule has 4 rings (SSSR count). The number of piperidine rings is 1. The van der Waals surface area contributed by atoms with Crippen molar-refractivity contribution in [3.8, 4) is 5.69 Å². The number of carbonyl (C=O) groups excluding carboxylic acids is 2. The number of halogens is 1. The summed E-state index contributed by atoms with van der Waals surface area (Å²) >= 11 is 0. The predicted molar refractivity (Wildman–Crippen MR) is 120 cm³/mol. The van der Waals surface area contributed by atoms with Gasteiger partial charge in [0.2, 0.25) is 0 Å². The van der Waals surface area contributed by atoms with E-state index in [1.807, 2.05) is 47.1 Å². The molecule has 0 atom stereocenters. The first-order chi connectivity index (χ1) is 15.6. The lowest BCUT2D eigenvalue weighted by atomic mass is 10.0. The van der Waals surface area contributed by atoms with Crippen molar-refractivity contribution < 1.29 is 14.0 Å². The molecule has 32 heavy (non-hydrogen) atoms. The van der Waals surface area contributed by atoms with Gasteiger partial charge in [0.15, 0.2) is 5.69 Å². The molecule has 0 aliphatic carbocycles. The molecule has 0 radical (unpaired) electrons. The Morgan fingerprint density at radius 1 is 1.06 bits per heavy atom. The number of hydrogen-bond donors (Lipinski definition) is 0. The van der Waals surface area contributed by atoms with E-state index in [1.54, 1.807) is 24.4 Å². The van der Waals surface area contributed by atoms with Gasteiger partial charge in [-0.25, -0.2) is 9.07 Å². The quantitative estimate of drug-likeness (QED) is 0.585. The van der Waals surface area contributed by atoms with Crippen molar-refractivity contribution in [1.82, 2.24) is 19.6 Å². The van der Waals surface area contributed by atoms with E-state index in [1.165, 1.54) is 16.8 Å². The fourth-order valence-corrected chi connectivity index (χ4v) is 4.18. The van der Waals surface area contributed by atoms with E-state index >= 15 is 0 Å². The van der Waals surface area contributed by atoms with Crippen molar-refractivity contribution in [2.75, 3.05) is 19.6 Å². The molecule has 1 fully saturated rings. The van der Waals surface area contributed by atoms with Crippen molar-refractivity contribution in [2.24, 2.45) is 0 Å². The Morgan fingerprint density at radius 2 is 1.81 bits per heavy atom. The molecule has 3 aromatic rings. The highest BCUT2D eigenvalue weighted by Crippen LogP contribution is 2.21. The van der Waals surface area contributed by atoms with Gasteiger partial charge in [-0.2, -0.15) is 5.10 Å². The van der Waals surface area contributed by atoms with Crippen LogP contribution in [0.2, 0.25) is 0 Å². The van der Waals surface area contributed by atoms with Gasteiger partial charge in [-0.15, -0.1) is 0 Å². The molecule has 0 saturated carbocycles. The molecular formula is C25H27FN4O2. The molecule has 6 nitrogen and oxygen atoms in total. The molecule has 0 unspecified atom stereocenters. The minimum absolute atomic E-state index is 0.0336. The monoisotopic (exact) mass is 434 g/mol. The molecule has 1 aliphatic rings. The van der Waals surface area contributed by atoms with Gasteiger partial charge in [0.05, 0.1) is 5.69 Å². The van der Waals surface area contributed by atoms with Crippen LogP contribution in [0.5, 0.6) is 0 Å². The molecule has 1 aromatic heterocycles. The van der Waals surface area contributed by atoms with Crippen molar-refractivity contribution >= 4 is 11.8 Å². The highest BCUT2D eigenvalue weighted by Gasteiger charge is 2.31. The molecule has 2 amide bonds. The van der Waals surface area contributed by atoms with Crippen molar-refractivity contribution in [2.45, 2.75) is 32.2 Å². The number of benzene rings is 2. The van der Waals surface area contributed by atoms with Crippen LogP contribution in [0.15, 0.2) is 66.9 Å². The van der Waals surface area contributed by atoms with E-state index in [9.17, 15) is 14.0 Å². The SMILES string of the molecule is CCCN(C(=O)c1ccn(-c2cccc(F)c2)n1)C1CCN(C(=O)c2ccccc2)CC1. The molecule has 0 spiro atoms. The Balaban J connectivity index is 1.44. The van der Waals surface area contributed by atoms with Crippen LogP contribution in [0.1, 0.15) is 47.0 Å². The molecule has 2 heterocycles. The summed E-state index contributed by atoms with van der Waals surface area (Å²) in [6, 6.07) is 17.1. The second-order valence-corrected chi connectivity index (χ2v) is 8.01. The summed E-state index contributed by atoms with van der Waals surface area (Å²) in [6.07, 6.45) is 3.97. The first kappa shape index (κ1) is 21.7. The molecule has 1 saturated heterocycles. The van der Waals surface area contributed by atoms with Crippen molar-refractivity contribution in [3.63, 3.8) is 0 Å². The number of rotatable bonds is 6. The summed E-state index contributed by atoms with van der Waals surface area (Å²) in [6.45, 7) is 3.90. The van der Waals surface area contributed by atoms with Crippen LogP contribution in [0.3, 0.4) is 0 Å². The Morgan fingerprint density at radius 3 is 2.50 bits per heavy atom. The topological polar surface area (TPSA) is 58.4 Å². The maximum absolute atomic E-state index is 13.5. The zero-order valence-electron chi connectivity index (χ0n) is 18.2. The fourth-order valence-electron chi connectivity index (χ4n) is 4.18. The zero-order chi connectivity index (χ0) is 22.5. The number of amides is 2. The third-order valence-electron chi connectivity index (χ3n) is 5.82. The molecule has 1 aliphatic heterocycles. The van der Waals surface area contributed by atoms with Crippen LogP contribution >= 0.6 is 0 Å². The first-order valence-corrected chi connectivity index (χ1v) is 11.0. The summed E-state index contributed by atoms with van der Waals surface area (Å²) in [5, 5.41) is 4.40. The van der Waals surface area contributed by atoms with E-state index in [2.05, 4.69) is 5.10 Å². The zero-order valence-corrected chi connectivity index (χ0v) is 18.2. The van der Waals surface area contributed by atoms with E-state index in [4.69, 9.17) is 0 Å². The smallest absolute Gasteiger partial charge is 0.274 e. The van der Waals surface area contributed by atoms with Gasteiger partial charge in [0, 0.05) is 37.4 Å². The van der Waals surface area contributed by atoms with E-state index in [0.717, 1.165) is 19.3 Å². The standard InChI is InChI=1S/C25H27FN4O2/c1-2-14-29(21-11-15-28(16-12-21)24(31)19-7-4-3-5-8-19)25(32)23-13-17-30(27-23)22-10-6-9-20(26)18-22/h3-10,13,17-18,21H,2,11-12,14-16H2,1H3. The van der Waals surface area contributed by atoms with Crippen LogP contribution in [-0.4, -0.2) is 57.1 Å². The lowest BCUT2D eigenvalue weighted by Gasteiger charge is -2.38. The van der Waals surface area contributed by atoms with Crippen molar-refractivity contribution in [1.29, 1.82) is 0 Å². The van der Waals surface area contributed by atoms with Gasteiger partial charge in [0.1, 0.15) is 5.82 Å². The van der Waals surface area contributed by atoms with Crippen LogP contribution < -0.4 is 0 Å². The maximum Gasteiger partial charge on any atom is 0.274 e. The Kier molecular flexibility index (Phi) is 6.63. The molecule has 166 valence electrons. The third-order valence-corrected chi connectivity index (χ3v) is 5.82. The van der Waals surface area contributed by atoms with E-state index < -0.39 is 0 Å². The largest absolute Gasteiger partial charge is 0.338 e. The summed E-state index contributed by atoms with van der Waals surface area (Å²) in [7, 11) is 0. The number of likely N-dealkylation sites (tertiary alicyclic amines) is 1. The highest BCUT2D eigenvalue weighted by molar-refractivity contribution is 5.94. The number of hydrogen-bond acceptors (Lipinski definition) is 3. The lowest BCUT2D eigenvalue weighted by Crippen LogP contribution is -2.49. The first-order valence-electron chi connectivity index (χ1n) is 11.0. The second-order valence-electron chi connectivity index (χ2n) is 8.01. The predicted octanol–water partition coefficient (Wildman–Crippen LogP) is 4.17. The van der Waals surface area contributed by atoms with Gasteiger partial charge in [-0.3, -0.25) is 9.59 Å².